The molecule has 0 aliphatic rings. The highest BCUT2D eigenvalue weighted by atomic mass is 16.4. The monoisotopic (exact) mass is 223 g/mol. The Balaban J connectivity index is 2.36. The Morgan fingerprint density at radius 3 is 2.56 bits per heavy atom. The van der Waals surface area contributed by atoms with E-state index in [1.807, 2.05) is 42.3 Å². The fraction of sp³-hybridized carbons (Fsp3) is 0.417. The van der Waals surface area contributed by atoms with Gasteiger partial charge in [-0.1, -0.05) is 30.3 Å². The predicted octanol–water partition coefficient (Wildman–Crippen LogP) is 0.954. The minimum Gasteiger partial charge on any atom is -0.481 e. The predicted molar refractivity (Wildman–Crippen MR) is 61.0 cm³/mol. The van der Waals surface area contributed by atoms with Gasteiger partial charge in [-0.2, -0.15) is 0 Å². The molecule has 1 aromatic rings. The zero-order valence-electron chi connectivity index (χ0n) is 9.34. The Morgan fingerprint density at radius 1 is 1.38 bits per heavy atom. The fourth-order valence-electron chi connectivity index (χ4n) is 1.59. The number of benzene rings is 1. The first kappa shape index (κ1) is 12.7. The van der Waals surface area contributed by atoms with Crippen molar-refractivity contribution < 1.29 is 15.0 Å². The van der Waals surface area contributed by atoms with Crippen LogP contribution in [0.3, 0.4) is 0 Å². The summed E-state index contributed by atoms with van der Waals surface area (Å²) in [5.74, 6) is -0.972. The first-order valence-corrected chi connectivity index (χ1v) is 5.20. The van der Waals surface area contributed by atoms with Gasteiger partial charge in [0, 0.05) is 13.1 Å². The molecule has 88 valence electrons. The third-order valence-corrected chi connectivity index (χ3v) is 2.23. The first-order valence-electron chi connectivity index (χ1n) is 5.20. The lowest BCUT2D eigenvalue weighted by Gasteiger charge is -2.19. The molecule has 16 heavy (non-hydrogen) atoms. The molecule has 1 aromatic carbocycles. The Labute approximate surface area is 95.1 Å². The second kappa shape index (κ2) is 6.25. The number of hydrogen-bond acceptors (Lipinski definition) is 3. The van der Waals surface area contributed by atoms with Gasteiger partial charge in [0.05, 0.1) is 12.5 Å². The summed E-state index contributed by atoms with van der Waals surface area (Å²) in [5, 5.41) is 18.0. The van der Waals surface area contributed by atoms with Gasteiger partial charge in [0.1, 0.15) is 0 Å². The van der Waals surface area contributed by atoms with Crippen molar-refractivity contribution in [3.05, 3.63) is 35.9 Å². The lowest BCUT2D eigenvalue weighted by atomic mass is 10.2. The zero-order chi connectivity index (χ0) is 12.0. The number of rotatable bonds is 6. The molecule has 0 heterocycles. The smallest absolute Gasteiger partial charge is 0.306 e. The van der Waals surface area contributed by atoms with Crippen molar-refractivity contribution in [3.63, 3.8) is 0 Å². The number of hydrogen-bond donors (Lipinski definition) is 2. The SMILES string of the molecule is CN(Cc1ccccc1)C[C@H](O)CC(=O)O. The molecule has 0 spiro atoms. The van der Waals surface area contributed by atoms with E-state index >= 15 is 0 Å². The number of carboxylic acids is 1. The van der Waals surface area contributed by atoms with Crippen molar-refractivity contribution in [3.8, 4) is 0 Å². The summed E-state index contributed by atoms with van der Waals surface area (Å²) in [5.41, 5.74) is 1.15. The van der Waals surface area contributed by atoms with Crippen LogP contribution in [0.2, 0.25) is 0 Å². The van der Waals surface area contributed by atoms with Crippen LogP contribution in [0.1, 0.15) is 12.0 Å². The van der Waals surface area contributed by atoms with Gasteiger partial charge in [-0.3, -0.25) is 9.69 Å². The molecule has 0 radical (unpaired) electrons. The second-order valence-electron chi connectivity index (χ2n) is 3.93. The molecule has 0 amide bonds. The minimum absolute atomic E-state index is 0.209. The summed E-state index contributed by atoms with van der Waals surface area (Å²) in [6.45, 7) is 1.07. The molecule has 0 aliphatic carbocycles. The lowest BCUT2D eigenvalue weighted by molar-refractivity contribution is -0.139. The molecule has 0 saturated carbocycles. The van der Waals surface area contributed by atoms with Gasteiger partial charge >= 0.3 is 5.97 Å². The first-order chi connectivity index (χ1) is 7.58. The van der Waals surface area contributed by atoms with Crippen LogP contribution < -0.4 is 0 Å². The van der Waals surface area contributed by atoms with Gasteiger partial charge in [0.25, 0.3) is 0 Å². The van der Waals surface area contributed by atoms with Gasteiger partial charge in [0.2, 0.25) is 0 Å². The van der Waals surface area contributed by atoms with Gasteiger partial charge < -0.3 is 10.2 Å². The zero-order valence-corrected chi connectivity index (χ0v) is 9.34. The third kappa shape index (κ3) is 4.91. The molecule has 0 unspecified atom stereocenters. The summed E-state index contributed by atoms with van der Waals surface area (Å²) >= 11 is 0. The highest BCUT2D eigenvalue weighted by Crippen LogP contribution is 2.04. The van der Waals surface area contributed by atoms with Crippen molar-refractivity contribution in [2.24, 2.45) is 0 Å². The average Bonchev–Trinajstić information content (AvgIpc) is 2.17. The maximum absolute atomic E-state index is 10.4. The Bertz CT molecular complexity index is 326. The summed E-state index contributed by atoms with van der Waals surface area (Å²) in [7, 11) is 1.86. The average molecular weight is 223 g/mol. The van der Waals surface area contributed by atoms with Crippen LogP contribution >= 0.6 is 0 Å². The molecular formula is C12H17NO3. The number of nitrogens with zero attached hydrogens (tertiary/aromatic N) is 1. The molecule has 2 N–H and O–H groups in total. The molecule has 4 nitrogen and oxygen atoms in total. The summed E-state index contributed by atoms with van der Waals surface area (Å²) < 4.78 is 0. The second-order valence-corrected chi connectivity index (χ2v) is 3.93. The molecule has 0 aliphatic heterocycles. The van der Waals surface area contributed by atoms with Gasteiger partial charge in [-0.15, -0.1) is 0 Å². The number of carboxylic acid groups (broad SMARTS) is 1. The molecule has 0 aromatic heterocycles. The van der Waals surface area contributed by atoms with Crippen molar-refractivity contribution in [1.29, 1.82) is 0 Å². The Hall–Kier alpha value is -1.39. The van der Waals surface area contributed by atoms with Crippen LogP contribution in [-0.4, -0.2) is 40.8 Å². The maximum Gasteiger partial charge on any atom is 0.306 e. The van der Waals surface area contributed by atoms with E-state index in [0.717, 1.165) is 5.56 Å². The number of aliphatic carboxylic acids is 1. The molecule has 1 rings (SSSR count). The maximum atomic E-state index is 10.4. The lowest BCUT2D eigenvalue weighted by Crippen LogP contribution is -2.30. The Kier molecular flexibility index (Phi) is 4.95. The van der Waals surface area contributed by atoms with E-state index in [4.69, 9.17) is 5.11 Å². The normalized spacial score (nSPS) is 12.7. The number of carbonyl (C=O) groups is 1. The van der Waals surface area contributed by atoms with Gasteiger partial charge in [-0.05, 0) is 12.6 Å². The number of aliphatic hydroxyl groups excluding tert-OH is 1. The van der Waals surface area contributed by atoms with Crippen molar-refractivity contribution in [2.45, 2.75) is 19.1 Å². The topological polar surface area (TPSA) is 60.8 Å². The summed E-state index contributed by atoms with van der Waals surface area (Å²) in [4.78, 5) is 12.3. The van der Waals surface area contributed by atoms with Crippen molar-refractivity contribution >= 4 is 5.97 Å². The highest BCUT2D eigenvalue weighted by Gasteiger charge is 2.12. The summed E-state index contributed by atoms with van der Waals surface area (Å²) in [6.07, 6.45) is -1.02. The fourth-order valence-corrected chi connectivity index (χ4v) is 1.59. The number of aliphatic hydroxyl groups is 1. The van der Waals surface area contributed by atoms with E-state index in [0.29, 0.717) is 13.1 Å². The van der Waals surface area contributed by atoms with Crippen LogP contribution in [0.25, 0.3) is 0 Å². The van der Waals surface area contributed by atoms with Gasteiger partial charge in [0.15, 0.2) is 0 Å². The van der Waals surface area contributed by atoms with Crippen LogP contribution in [0, 0.1) is 0 Å². The quantitative estimate of drug-likeness (QED) is 0.754. The van der Waals surface area contributed by atoms with Crippen LogP contribution in [-0.2, 0) is 11.3 Å². The van der Waals surface area contributed by atoms with E-state index in [2.05, 4.69) is 0 Å². The standard InChI is InChI=1S/C12H17NO3/c1-13(9-11(14)7-12(15)16)8-10-5-3-2-4-6-10/h2-6,11,14H,7-9H2,1H3,(H,15,16)/t11-/m1/s1. The number of likely N-dealkylation sites (N-methyl/N-ethyl adjacent to an activating group) is 1. The van der Waals surface area contributed by atoms with E-state index in [9.17, 15) is 9.90 Å². The molecule has 0 fully saturated rings. The molecule has 0 saturated heterocycles. The van der Waals surface area contributed by atoms with E-state index in [1.54, 1.807) is 0 Å². The van der Waals surface area contributed by atoms with E-state index in [-0.39, 0.29) is 6.42 Å². The largest absolute Gasteiger partial charge is 0.481 e. The molecular weight excluding hydrogens is 206 g/mol. The highest BCUT2D eigenvalue weighted by molar-refractivity contribution is 5.67. The Morgan fingerprint density at radius 2 is 2.00 bits per heavy atom. The van der Waals surface area contributed by atoms with Crippen LogP contribution in [0.4, 0.5) is 0 Å². The van der Waals surface area contributed by atoms with Crippen molar-refractivity contribution in [2.75, 3.05) is 13.6 Å². The van der Waals surface area contributed by atoms with Crippen LogP contribution in [0.15, 0.2) is 30.3 Å². The molecule has 1 atom stereocenters. The minimum atomic E-state index is -0.972. The van der Waals surface area contributed by atoms with E-state index in [1.165, 1.54) is 0 Å². The third-order valence-electron chi connectivity index (χ3n) is 2.23. The van der Waals surface area contributed by atoms with Crippen molar-refractivity contribution in [1.82, 2.24) is 4.90 Å². The molecule has 4 heteroatoms. The van der Waals surface area contributed by atoms with Gasteiger partial charge in [-0.25, -0.2) is 0 Å². The summed E-state index contributed by atoms with van der Waals surface area (Å²) in [6, 6.07) is 9.86. The molecule has 0 bridgehead atoms. The van der Waals surface area contributed by atoms with Crippen LogP contribution in [0.5, 0.6) is 0 Å². The van der Waals surface area contributed by atoms with E-state index < -0.39 is 12.1 Å².